The number of ketones is 2. The molecule has 4 rings (SSSR count). The van der Waals surface area contributed by atoms with E-state index in [9.17, 15) is 14.0 Å². The van der Waals surface area contributed by atoms with Gasteiger partial charge >= 0.3 is 0 Å². The molecule has 0 saturated heterocycles. The van der Waals surface area contributed by atoms with Crippen LogP contribution in [0.2, 0.25) is 0 Å². The molecule has 0 spiro atoms. The molecule has 1 aromatic rings. The standard InChI is InChI=1S/C26H32FN3O2/c1-28-24-13-20(27)10-18-11-23(26(32)14-22(18)24)25(31)12-19-15-29-9-8-17(19)16-30(2)21-6-4-3-5-7-21/h8-11,13,15,17,19,21,28H,3-7,12,14,16H2,1-2H3. The third-order valence-corrected chi connectivity index (χ3v) is 7.12. The van der Waals surface area contributed by atoms with Gasteiger partial charge in [0, 0.05) is 56.5 Å². The minimum atomic E-state index is -0.388. The Hall–Kier alpha value is -2.60. The number of carbonyl (C=O) groups excluding carboxylic acids is 2. The number of carbonyl (C=O) groups is 2. The SMILES string of the molecule is CNc1cc(F)cc2c1CC(=O)C(C(=O)CC1C=NC=CC1CN(C)C1CCCCC1)=C2. The number of rotatable bonds is 7. The monoisotopic (exact) mass is 437 g/mol. The first-order valence-electron chi connectivity index (χ1n) is 11.6. The molecule has 32 heavy (non-hydrogen) atoms. The maximum atomic E-state index is 14.0. The lowest BCUT2D eigenvalue weighted by atomic mass is 9.82. The second kappa shape index (κ2) is 9.90. The maximum Gasteiger partial charge on any atom is 0.170 e. The molecule has 0 aromatic heterocycles. The molecule has 2 atom stereocenters. The first-order chi connectivity index (χ1) is 15.5. The van der Waals surface area contributed by atoms with E-state index in [1.807, 2.05) is 12.4 Å². The molecule has 1 N–H and O–H groups in total. The van der Waals surface area contributed by atoms with Crippen molar-refractivity contribution in [2.45, 2.75) is 51.0 Å². The fraction of sp³-hybridized carbons (Fsp3) is 0.500. The quantitative estimate of drug-likeness (QED) is 0.641. The Morgan fingerprint density at radius 3 is 2.75 bits per heavy atom. The number of hydrogen-bond donors (Lipinski definition) is 1. The van der Waals surface area contributed by atoms with Gasteiger partial charge in [0.2, 0.25) is 0 Å². The van der Waals surface area contributed by atoms with Crippen LogP contribution >= 0.6 is 0 Å². The first-order valence-corrected chi connectivity index (χ1v) is 11.6. The predicted octanol–water partition coefficient (Wildman–Crippen LogP) is 4.43. The second-order valence-corrected chi connectivity index (χ2v) is 9.26. The van der Waals surface area contributed by atoms with Crippen molar-refractivity contribution >= 4 is 29.5 Å². The third-order valence-electron chi connectivity index (χ3n) is 7.12. The molecular weight excluding hydrogens is 405 g/mol. The molecule has 3 aliphatic rings. The third kappa shape index (κ3) is 4.90. The number of benzene rings is 1. The van der Waals surface area contributed by atoms with E-state index in [4.69, 9.17) is 0 Å². The lowest BCUT2D eigenvalue weighted by Crippen LogP contribution is -2.39. The lowest BCUT2D eigenvalue weighted by molar-refractivity contribution is -0.121. The van der Waals surface area contributed by atoms with Crippen LogP contribution in [0, 0.1) is 17.7 Å². The molecule has 5 nitrogen and oxygen atoms in total. The van der Waals surface area contributed by atoms with Crippen LogP contribution in [0.4, 0.5) is 10.1 Å². The average Bonchev–Trinajstić information content (AvgIpc) is 2.80. The number of fused-ring (bicyclic) bond motifs is 1. The van der Waals surface area contributed by atoms with Crippen LogP contribution in [-0.4, -0.2) is 49.4 Å². The Labute approximate surface area is 189 Å². The van der Waals surface area contributed by atoms with Gasteiger partial charge in [-0.05, 0) is 55.1 Å². The van der Waals surface area contributed by atoms with E-state index in [2.05, 4.69) is 28.3 Å². The minimum Gasteiger partial charge on any atom is -0.388 e. The smallest absolute Gasteiger partial charge is 0.170 e. The van der Waals surface area contributed by atoms with Gasteiger partial charge in [-0.25, -0.2) is 4.39 Å². The van der Waals surface area contributed by atoms with Crippen LogP contribution < -0.4 is 5.32 Å². The molecule has 6 heteroatoms. The molecule has 0 bridgehead atoms. The summed E-state index contributed by atoms with van der Waals surface area (Å²) in [6.07, 6.45) is 14.0. The highest BCUT2D eigenvalue weighted by molar-refractivity contribution is 6.25. The first kappa shape index (κ1) is 22.6. The van der Waals surface area contributed by atoms with Gasteiger partial charge in [0.05, 0.1) is 5.57 Å². The summed E-state index contributed by atoms with van der Waals surface area (Å²) in [6.45, 7) is 0.873. The van der Waals surface area contributed by atoms with Crippen molar-refractivity contribution in [2.24, 2.45) is 16.8 Å². The van der Waals surface area contributed by atoms with Crippen LogP contribution in [0.25, 0.3) is 6.08 Å². The molecular formula is C26H32FN3O2. The number of nitrogens with zero attached hydrogens (tertiary/aromatic N) is 2. The summed E-state index contributed by atoms with van der Waals surface area (Å²) in [5.74, 6) is -0.643. The van der Waals surface area contributed by atoms with E-state index in [0.29, 0.717) is 17.3 Å². The van der Waals surface area contributed by atoms with E-state index in [0.717, 1.165) is 12.1 Å². The molecule has 0 amide bonds. The molecule has 1 fully saturated rings. The van der Waals surface area contributed by atoms with Crippen LogP contribution in [0.1, 0.15) is 49.7 Å². The van der Waals surface area contributed by atoms with Gasteiger partial charge in [0.1, 0.15) is 5.82 Å². The van der Waals surface area contributed by atoms with E-state index < -0.39 is 0 Å². The highest BCUT2D eigenvalue weighted by Gasteiger charge is 2.31. The number of Topliss-reactive ketones (excluding diaryl/α,β-unsaturated/α-hetero) is 2. The van der Waals surface area contributed by atoms with E-state index in [1.165, 1.54) is 44.2 Å². The Morgan fingerprint density at radius 1 is 1.22 bits per heavy atom. The zero-order chi connectivity index (χ0) is 22.7. The van der Waals surface area contributed by atoms with E-state index in [-0.39, 0.29) is 47.6 Å². The summed E-state index contributed by atoms with van der Waals surface area (Å²) in [5.41, 5.74) is 2.10. The topological polar surface area (TPSA) is 61.8 Å². The average molecular weight is 438 g/mol. The van der Waals surface area contributed by atoms with Gasteiger partial charge in [-0.3, -0.25) is 14.6 Å². The van der Waals surface area contributed by atoms with Crippen molar-refractivity contribution in [1.29, 1.82) is 0 Å². The number of hydrogen-bond acceptors (Lipinski definition) is 5. The van der Waals surface area contributed by atoms with Crippen molar-refractivity contribution in [2.75, 3.05) is 26.0 Å². The number of aliphatic imine (C=N–C) groups is 1. The lowest BCUT2D eigenvalue weighted by Gasteiger charge is -2.35. The fourth-order valence-electron chi connectivity index (χ4n) is 5.24. The van der Waals surface area contributed by atoms with Gasteiger partial charge in [-0.15, -0.1) is 0 Å². The van der Waals surface area contributed by atoms with Gasteiger partial charge in [0.25, 0.3) is 0 Å². The highest BCUT2D eigenvalue weighted by atomic mass is 19.1. The van der Waals surface area contributed by atoms with Crippen molar-refractivity contribution in [3.05, 3.63) is 46.9 Å². The van der Waals surface area contributed by atoms with Crippen LogP contribution in [0.3, 0.4) is 0 Å². The minimum absolute atomic E-state index is 0.0472. The highest BCUT2D eigenvalue weighted by Crippen LogP contribution is 2.32. The predicted molar refractivity (Wildman–Crippen MR) is 126 cm³/mol. The molecule has 2 unspecified atom stereocenters. The molecule has 1 aliphatic heterocycles. The van der Waals surface area contributed by atoms with Crippen molar-refractivity contribution in [3.63, 3.8) is 0 Å². The molecule has 1 aromatic carbocycles. The molecule has 1 heterocycles. The van der Waals surface area contributed by atoms with E-state index in [1.54, 1.807) is 13.1 Å². The Bertz CT molecular complexity index is 976. The summed E-state index contributed by atoms with van der Waals surface area (Å²) in [7, 11) is 3.87. The zero-order valence-corrected chi connectivity index (χ0v) is 18.9. The summed E-state index contributed by atoms with van der Waals surface area (Å²) in [6, 6.07) is 3.37. The summed E-state index contributed by atoms with van der Waals surface area (Å²) in [4.78, 5) is 32.7. The van der Waals surface area contributed by atoms with Gasteiger partial charge in [0.15, 0.2) is 11.6 Å². The van der Waals surface area contributed by atoms with Crippen LogP contribution in [0.5, 0.6) is 0 Å². The van der Waals surface area contributed by atoms with E-state index >= 15 is 0 Å². The van der Waals surface area contributed by atoms with Crippen molar-refractivity contribution in [3.8, 4) is 0 Å². The second-order valence-electron chi connectivity index (χ2n) is 9.26. The Kier molecular flexibility index (Phi) is 6.99. The van der Waals surface area contributed by atoms with Gasteiger partial charge in [-0.2, -0.15) is 0 Å². The molecule has 0 radical (unpaired) electrons. The largest absolute Gasteiger partial charge is 0.388 e. The number of nitrogens with one attached hydrogen (secondary N) is 1. The summed E-state index contributed by atoms with van der Waals surface area (Å²) < 4.78 is 14.0. The molecule has 170 valence electrons. The Balaban J connectivity index is 1.48. The normalized spacial score (nSPS) is 23.2. The fourth-order valence-corrected chi connectivity index (χ4v) is 5.24. The molecule has 1 saturated carbocycles. The number of allylic oxidation sites excluding steroid dienone is 1. The Morgan fingerprint density at radius 2 is 2.00 bits per heavy atom. The van der Waals surface area contributed by atoms with Crippen molar-refractivity contribution in [1.82, 2.24) is 4.90 Å². The number of halogens is 1. The molecule has 2 aliphatic carbocycles. The van der Waals surface area contributed by atoms with Crippen LogP contribution in [-0.2, 0) is 16.0 Å². The van der Waals surface area contributed by atoms with Gasteiger partial charge < -0.3 is 10.2 Å². The van der Waals surface area contributed by atoms with Gasteiger partial charge in [-0.1, -0.05) is 25.3 Å². The maximum absolute atomic E-state index is 14.0. The summed E-state index contributed by atoms with van der Waals surface area (Å²) in [5, 5.41) is 2.94. The number of anilines is 1. The van der Waals surface area contributed by atoms with Crippen LogP contribution in [0.15, 0.2) is 35.0 Å². The summed E-state index contributed by atoms with van der Waals surface area (Å²) >= 11 is 0. The van der Waals surface area contributed by atoms with Crippen molar-refractivity contribution < 1.29 is 14.0 Å². The zero-order valence-electron chi connectivity index (χ0n) is 18.9.